The van der Waals surface area contributed by atoms with Crippen LogP contribution in [0.5, 0.6) is 0 Å². The van der Waals surface area contributed by atoms with Crippen molar-refractivity contribution in [2.24, 2.45) is 0 Å². The van der Waals surface area contributed by atoms with Crippen molar-refractivity contribution in [1.29, 1.82) is 0 Å². The second kappa shape index (κ2) is 9.65. The van der Waals surface area contributed by atoms with Gasteiger partial charge in [0.05, 0.1) is 12.0 Å². The van der Waals surface area contributed by atoms with Crippen molar-refractivity contribution in [2.45, 2.75) is 89.1 Å². The Morgan fingerprint density at radius 2 is 1.76 bits per heavy atom. The van der Waals surface area contributed by atoms with Crippen molar-refractivity contribution < 1.29 is 23.9 Å². The van der Waals surface area contributed by atoms with E-state index in [0.29, 0.717) is 13.0 Å². The van der Waals surface area contributed by atoms with Gasteiger partial charge in [-0.25, -0.2) is 4.79 Å². The summed E-state index contributed by atoms with van der Waals surface area (Å²) in [6, 6.07) is 6.83. The molecule has 1 saturated carbocycles. The average Bonchev–Trinajstić information content (AvgIpc) is 3.41. The van der Waals surface area contributed by atoms with Gasteiger partial charge in [0.25, 0.3) is 0 Å². The Balaban J connectivity index is 1.68. The van der Waals surface area contributed by atoms with Gasteiger partial charge in [-0.3, -0.25) is 19.3 Å². The van der Waals surface area contributed by atoms with Gasteiger partial charge in [-0.05, 0) is 57.1 Å². The zero-order valence-electron chi connectivity index (χ0n) is 19.7. The fourth-order valence-electron chi connectivity index (χ4n) is 5.92. The SMILES string of the molecule is CCOC(=O)[C@@H]1CCCCN1C(=O)C[C@]1(c2ccccc2C)CC(=O)N(C2CCCC2)C1=O. The number of carbonyl (C=O) groups excluding carboxylic acids is 4. The van der Waals surface area contributed by atoms with E-state index >= 15 is 0 Å². The van der Waals surface area contributed by atoms with Crippen LogP contribution in [0.3, 0.4) is 0 Å². The van der Waals surface area contributed by atoms with Gasteiger partial charge in [-0.15, -0.1) is 0 Å². The number of carbonyl (C=O) groups is 4. The predicted molar refractivity (Wildman–Crippen MR) is 122 cm³/mol. The van der Waals surface area contributed by atoms with Crippen LogP contribution in [0.4, 0.5) is 0 Å². The summed E-state index contributed by atoms with van der Waals surface area (Å²) in [7, 11) is 0. The number of amides is 3. The highest BCUT2D eigenvalue weighted by Gasteiger charge is 2.56. The summed E-state index contributed by atoms with van der Waals surface area (Å²) in [4.78, 5) is 56.4. The molecular formula is C26H34N2O5. The Bertz CT molecular complexity index is 938. The summed E-state index contributed by atoms with van der Waals surface area (Å²) in [5.41, 5.74) is 0.404. The number of esters is 1. The molecule has 0 radical (unpaired) electrons. The third kappa shape index (κ3) is 4.30. The quantitative estimate of drug-likeness (QED) is 0.487. The fourth-order valence-corrected chi connectivity index (χ4v) is 5.92. The number of ether oxygens (including phenoxy) is 1. The minimum Gasteiger partial charge on any atom is -0.464 e. The Morgan fingerprint density at radius 1 is 1.06 bits per heavy atom. The Kier molecular flexibility index (Phi) is 6.86. The maximum atomic E-state index is 14.0. The van der Waals surface area contributed by atoms with E-state index in [2.05, 4.69) is 0 Å². The molecule has 0 bridgehead atoms. The molecule has 7 nitrogen and oxygen atoms in total. The van der Waals surface area contributed by atoms with Crippen molar-refractivity contribution in [1.82, 2.24) is 9.80 Å². The van der Waals surface area contributed by atoms with Gasteiger partial charge in [0, 0.05) is 25.4 Å². The van der Waals surface area contributed by atoms with Crippen LogP contribution in [0.2, 0.25) is 0 Å². The van der Waals surface area contributed by atoms with Crippen LogP contribution in [0.15, 0.2) is 24.3 Å². The summed E-state index contributed by atoms with van der Waals surface area (Å²) >= 11 is 0. The fraction of sp³-hybridized carbons (Fsp3) is 0.615. The minimum atomic E-state index is -1.22. The highest BCUT2D eigenvalue weighted by atomic mass is 16.5. The van der Waals surface area contributed by atoms with Gasteiger partial charge in [0.15, 0.2) is 0 Å². The summed E-state index contributed by atoms with van der Waals surface area (Å²) in [5.74, 6) is -1.10. The second-order valence-electron chi connectivity index (χ2n) is 9.61. The van der Waals surface area contributed by atoms with Crippen LogP contribution >= 0.6 is 0 Å². The number of rotatable bonds is 6. The lowest BCUT2D eigenvalue weighted by Gasteiger charge is -2.37. The van der Waals surface area contributed by atoms with Crippen LogP contribution in [-0.4, -0.2) is 58.7 Å². The van der Waals surface area contributed by atoms with E-state index < -0.39 is 17.4 Å². The molecule has 3 amide bonds. The molecule has 3 fully saturated rings. The maximum absolute atomic E-state index is 14.0. The van der Waals surface area contributed by atoms with E-state index in [0.717, 1.165) is 49.7 Å². The first-order chi connectivity index (χ1) is 15.9. The molecule has 2 heterocycles. The number of imide groups is 1. The number of hydrogen-bond acceptors (Lipinski definition) is 5. The van der Waals surface area contributed by atoms with E-state index in [1.165, 1.54) is 4.90 Å². The lowest BCUT2D eigenvalue weighted by Crippen LogP contribution is -2.52. The van der Waals surface area contributed by atoms with E-state index in [9.17, 15) is 19.2 Å². The Hall–Kier alpha value is -2.70. The largest absolute Gasteiger partial charge is 0.464 e. The van der Waals surface area contributed by atoms with Crippen molar-refractivity contribution >= 4 is 23.7 Å². The van der Waals surface area contributed by atoms with Gasteiger partial charge in [0.1, 0.15) is 6.04 Å². The third-order valence-corrected chi connectivity index (χ3v) is 7.54. The van der Waals surface area contributed by atoms with Crippen LogP contribution in [0.1, 0.15) is 75.8 Å². The van der Waals surface area contributed by atoms with E-state index in [4.69, 9.17) is 4.74 Å². The van der Waals surface area contributed by atoms with Gasteiger partial charge in [-0.2, -0.15) is 0 Å². The topological polar surface area (TPSA) is 84.0 Å². The maximum Gasteiger partial charge on any atom is 0.328 e. The summed E-state index contributed by atoms with van der Waals surface area (Å²) in [6.07, 6.45) is 5.77. The molecule has 2 aliphatic heterocycles. The average molecular weight is 455 g/mol. The molecular weight excluding hydrogens is 420 g/mol. The monoisotopic (exact) mass is 454 g/mol. The number of nitrogens with zero attached hydrogens (tertiary/aromatic N) is 2. The normalized spacial score (nSPS) is 26.2. The summed E-state index contributed by atoms with van der Waals surface area (Å²) in [5, 5.41) is 0. The zero-order chi connectivity index (χ0) is 23.6. The first-order valence-corrected chi connectivity index (χ1v) is 12.3. The van der Waals surface area contributed by atoms with Crippen LogP contribution in [0.25, 0.3) is 0 Å². The van der Waals surface area contributed by atoms with Crippen molar-refractivity contribution in [3.63, 3.8) is 0 Å². The first kappa shape index (κ1) is 23.5. The molecule has 1 aromatic carbocycles. The van der Waals surface area contributed by atoms with Crippen LogP contribution in [0, 0.1) is 6.92 Å². The first-order valence-electron chi connectivity index (χ1n) is 12.3. The standard InChI is InChI=1S/C26H34N2O5/c1-3-33-24(31)21-14-8-9-15-27(21)22(29)16-26(20-13-7-4-10-18(20)2)17-23(30)28(25(26)32)19-11-5-6-12-19/h4,7,10,13,19,21H,3,5-6,8-9,11-12,14-17H2,1-2H3/t21-,26+/m0/s1. The minimum absolute atomic E-state index is 0.00314. The second-order valence-corrected chi connectivity index (χ2v) is 9.61. The van der Waals surface area contributed by atoms with Crippen molar-refractivity contribution in [2.75, 3.05) is 13.2 Å². The number of benzene rings is 1. The molecule has 2 atom stereocenters. The van der Waals surface area contributed by atoms with E-state index in [1.807, 2.05) is 31.2 Å². The highest BCUT2D eigenvalue weighted by Crippen LogP contribution is 2.44. The molecule has 178 valence electrons. The molecule has 7 heteroatoms. The molecule has 0 spiro atoms. The van der Waals surface area contributed by atoms with Crippen molar-refractivity contribution in [3.05, 3.63) is 35.4 Å². The number of piperidine rings is 1. The zero-order valence-corrected chi connectivity index (χ0v) is 19.7. The van der Waals surface area contributed by atoms with Gasteiger partial charge in [0.2, 0.25) is 17.7 Å². The number of aryl methyl sites for hydroxylation is 1. The molecule has 0 aromatic heterocycles. The Labute approximate surface area is 195 Å². The van der Waals surface area contributed by atoms with Crippen LogP contribution < -0.4 is 0 Å². The molecule has 33 heavy (non-hydrogen) atoms. The molecule has 0 unspecified atom stereocenters. The molecule has 0 N–H and O–H groups in total. The summed E-state index contributed by atoms with van der Waals surface area (Å²) in [6.45, 7) is 4.38. The Morgan fingerprint density at radius 3 is 2.45 bits per heavy atom. The molecule has 3 aliphatic rings. The van der Waals surface area contributed by atoms with Gasteiger partial charge in [-0.1, -0.05) is 37.1 Å². The van der Waals surface area contributed by atoms with Crippen molar-refractivity contribution in [3.8, 4) is 0 Å². The van der Waals surface area contributed by atoms with E-state index in [-0.39, 0.29) is 43.2 Å². The lowest BCUT2D eigenvalue weighted by molar-refractivity contribution is -0.157. The molecule has 2 saturated heterocycles. The molecule has 1 aliphatic carbocycles. The lowest BCUT2D eigenvalue weighted by atomic mass is 9.73. The highest BCUT2D eigenvalue weighted by molar-refractivity contribution is 6.11. The third-order valence-electron chi connectivity index (χ3n) is 7.54. The number of hydrogen-bond donors (Lipinski definition) is 0. The van der Waals surface area contributed by atoms with Gasteiger partial charge >= 0.3 is 5.97 Å². The predicted octanol–water partition coefficient (Wildman–Crippen LogP) is 3.27. The smallest absolute Gasteiger partial charge is 0.328 e. The molecule has 1 aromatic rings. The van der Waals surface area contributed by atoms with E-state index in [1.54, 1.807) is 11.8 Å². The number of likely N-dealkylation sites (tertiary alicyclic amines) is 2. The summed E-state index contributed by atoms with van der Waals surface area (Å²) < 4.78 is 5.22. The van der Waals surface area contributed by atoms with Gasteiger partial charge < -0.3 is 9.64 Å². The molecule has 4 rings (SSSR count). The van der Waals surface area contributed by atoms with Crippen LogP contribution in [-0.2, 0) is 29.3 Å².